The van der Waals surface area contributed by atoms with E-state index in [2.05, 4.69) is 25.6 Å². The number of sulfonamides is 1. The maximum Gasteiger partial charge on any atom is 0.243 e. The van der Waals surface area contributed by atoms with Gasteiger partial charge in [0.1, 0.15) is 4.90 Å². The first-order chi connectivity index (χ1) is 8.99. The summed E-state index contributed by atoms with van der Waals surface area (Å²) in [5, 5.41) is 0.150. The Hall–Kier alpha value is -0.950. The van der Waals surface area contributed by atoms with Crippen LogP contribution in [0.1, 0.15) is 5.56 Å². The normalized spacial score (nSPS) is 11.5. The maximum absolute atomic E-state index is 12.1. The Balaban J connectivity index is 2.17. The van der Waals surface area contributed by atoms with Gasteiger partial charge < -0.3 is 0 Å². The van der Waals surface area contributed by atoms with Gasteiger partial charge in [0.15, 0.2) is 0 Å². The summed E-state index contributed by atoms with van der Waals surface area (Å²) in [6, 6.07) is 8.82. The highest BCUT2D eigenvalue weighted by molar-refractivity contribution is 9.10. The molecule has 0 amide bonds. The van der Waals surface area contributed by atoms with Gasteiger partial charge in [-0.05, 0) is 23.8 Å². The first-order valence-corrected chi connectivity index (χ1v) is 7.98. The summed E-state index contributed by atoms with van der Waals surface area (Å²) < 4.78 is 27.5. The quantitative estimate of drug-likeness (QED) is 0.911. The lowest BCUT2D eigenvalue weighted by Gasteiger charge is -2.08. The molecule has 0 fully saturated rings. The zero-order valence-electron chi connectivity index (χ0n) is 9.68. The number of hydrogen-bond donors (Lipinski definition) is 1. The third-order valence-electron chi connectivity index (χ3n) is 2.38. The molecule has 2 rings (SSSR count). The van der Waals surface area contributed by atoms with Crippen LogP contribution in [-0.2, 0) is 16.6 Å². The molecule has 2 aromatic rings. The Morgan fingerprint density at radius 1 is 1.32 bits per heavy atom. The van der Waals surface area contributed by atoms with Gasteiger partial charge in [-0.3, -0.25) is 4.98 Å². The van der Waals surface area contributed by atoms with Crippen molar-refractivity contribution in [2.75, 3.05) is 0 Å². The molecule has 4 nitrogen and oxygen atoms in total. The number of rotatable bonds is 4. The maximum atomic E-state index is 12.1. The van der Waals surface area contributed by atoms with Crippen molar-refractivity contribution >= 4 is 37.6 Å². The van der Waals surface area contributed by atoms with Crippen LogP contribution >= 0.6 is 27.5 Å². The van der Waals surface area contributed by atoms with E-state index in [4.69, 9.17) is 11.6 Å². The summed E-state index contributed by atoms with van der Waals surface area (Å²) >= 11 is 9.18. The fourth-order valence-corrected chi connectivity index (χ4v) is 3.36. The summed E-state index contributed by atoms with van der Waals surface area (Å²) in [6.07, 6.45) is 2.67. The molecule has 1 heterocycles. The van der Waals surface area contributed by atoms with Crippen molar-refractivity contribution in [3.05, 3.63) is 57.8 Å². The van der Waals surface area contributed by atoms with E-state index in [9.17, 15) is 8.42 Å². The Kier molecular flexibility index (Phi) is 4.57. The van der Waals surface area contributed by atoms with E-state index >= 15 is 0 Å². The van der Waals surface area contributed by atoms with Crippen LogP contribution < -0.4 is 4.72 Å². The molecule has 7 heteroatoms. The Bertz CT molecular complexity index is 692. The second kappa shape index (κ2) is 6.00. The van der Waals surface area contributed by atoms with Gasteiger partial charge in [0.2, 0.25) is 10.0 Å². The van der Waals surface area contributed by atoms with Gasteiger partial charge in [0, 0.05) is 23.4 Å². The molecule has 0 unspecified atom stereocenters. The first kappa shape index (κ1) is 14.5. The zero-order valence-corrected chi connectivity index (χ0v) is 12.8. The van der Waals surface area contributed by atoms with Crippen LogP contribution in [0.5, 0.6) is 0 Å². The number of hydrogen-bond acceptors (Lipinski definition) is 3. The van der Waals surface area contributed by atoms with Gasteiger partial charge in [-0.15, -0.1) is 0 Å². The number of aromatic nitrogens is 1. The summed E-state index contributed by atoms with van der Waals surface area (Å²) in [7, 11) is -3.66. The van der Waals surface area contributed by atoms with Crippen LogP contribution in [0.4, 0.5) is 0 Å². The molecular weight excluding hydrogens is 352 g/mol. The smallest absolute Gasteiger partial charge is 0.243 e. The van der Waals surface area contributed by atoms with E-state index in [-0.39, 0.29) is 16.5 Å². The minimum atomic E-state index is -3.66. The van der Waals surface area contributed by atoms with Crippen molar-refractivity contribution in [1.82, 2.24) is 9.71 Å². The van der Waals surface area contributed by atoms with Crippen molar-refractivity contribution < 1.29 is 8.42 Å². The van der Waals surface area contributed by atoms with Gasteiger partial charge in [-0.25, -0.2) is 13.1 Å². The van der Waals surface area contributed by atoms with E-state index < -0.39 is 10.0 Å². The average Bonchev–Trinajstić information content (AvgIpc) is 2.37. The lowest BCUT2D eigenvalue weighted by Crippen LogP contribution is -2.23. The molecular formula is C12H10BrClN2O2S. The van der Waals surface area contributed by atoms with Crippen molar-refractivity contribution in [3.8, 4) is 0 Å². The predicted molar refractivity (Wildman–Crippen MR) is 77.4 cm³/mol. The molecule has 1 N–H and O–H groups in total. The Morgan fingerprint density at radius 2 is 2.11 bits per heavy atom. The summed E-state index contributed by atoms with van der Waals surface area (Å²) in [6.45, 7) is 0.187. The molecule has 1 aromatic heterocycles. The van der Waals surface area contributed by atoms with Gasteiger partial charge in [-0.1, -0.05) is 39.7 Å². The molecule has 0 saturated carbocycles. The van der Waals surface area contributed by atoms with Crippen molar-refractivity contribution in [1.29, 1.82) is 0 Å². The average molecular weight is 362 g/mol. The molecule has 0 aliphatic rings. The van der Waals surface area contributed by atoms with Crippen LogP contribution in [0.15, 0.2) is 52.1 Å². The molecule has 0 atom stereocenters. The zero-order chi connectivity index (χ0) is 13.9. The molecule has 0 saturated heterocycles. The second-order valence-corrected chi connectivity index (χ2v) is 6.82. The van der Waals surface area contributed by atoms with Crippen LogP contribution in [0, 0.1) is 0 Å². The number of benzene rings is 1. The molecule has 0 radical (unpaired) electrons. The van der Waals surface area contributed by atoms with Gasteiger partial charge >= 0.3 is 0 Å². The number of nitrogens with zero attached hydrogens (tertiary/aromatic N) is 1. The molecule has 19 heavy (non-hydrogen) atoms. The minimum Gasteiger partial charge on any atom is -0.263 e. The number of pyridine rings is 1. The van der Waals surface area contributed by atoms with Gasteiger partial charge in [0.25, 0.3) is 0 Å². The van der Waals surface area contributed by atoms with Gasteiger partial charge in [0.05, 0.1) is 5.02 Å². The summed E-state index contributed by atoms with van der Waals surface area (Å²) in [5.41, 5.74) is 0.845. The van der Waals surface area contributed by atoms with E-state index in [0.29, 0.717) is 0 Å². The first-order valence-electron chi connectivity index (χ1n) is 5.33. The largest absolute Gasteiger partial charge is 0.263 e. The van der Waals surface area contributed by atoms with Gasteiger partial charge in [-0.2, -0.15) is 0 Å². The third kappa shape index (κ3) is 3.76. The fourth-order valence-electron chi connectivity index (χ4n) is 1.46. The third-order valence-corrected chi connectivity index (χ3v) is 4.74. The number of nitrogens with one attached hydrogen (secondary N) is 1. The molecule has 100 valence electrons. The van der Waals surface area contributed by atoms with Crippen molar-refractivity contribution in [2.45, 2.75) is 11.4 Å². The van der Waals surface area contributed by atoms with E-state index in [1.807, 2.05) is 24.3 Å². The highest BCUT2D eigenvalue weighted by Gasteiger charge is 2.17. The topological polar surface area (TPSA) is 59.1 Å². The summed E-state index contributed by atoms with van der Waals surface area (Å²) in [5.74, 6) is 0. The molecule has 0 spiro atoms. The molecule has 1 aromatic carbocycles. The predicted octanol–water partition coefficient (Wildman–Crippen LogP) is 2.98. The number of halogens is 2. The van der Waals surface area contributed by atoms with Crippen LogP contribution in [0.2, 0.25) is 5.02 Å². The standard InChI is InChI=1S/C12H10BrClN2O2S/c13-10-3-1-2-9(6-10)7-16-19(17,18)12-8-15-5-4-11(12)14/h1-6,8,16H,7H2. The van der Waals surface area contributed by atoms with Crippen LogP contribution in [0.3, 0.4) is 0 Å². The molecule has 0 aliphatic carbocycles. The second-order valence-electron chi connectivity index (χ2n) is 3.76. The van der Waals surface area contributed by atoms with Crippen LogP contribution in [0.25, 0.3) is 0 Å². The minimum absolute atomic E-state index is 0.0216. The monoisotopic (exact) mass is 360 g/mol. The molecule has 0 bridgehead atoms. The van der Waals surface area contributed by atoms with Crippen molar-refractivity contribution in [3.63, 3.8) is 0 Å². The summed E-state index contributed by atoms with van der Waals surface area (Å²) in [4.78, 5) is 3.75. The van der Waals surface area contributed by atoms with E-state index in [1.54, 1.807) is 0 Å². The van der Waals surface area contributed by atoms with E-state index in [1.165, 1.54) is 18.5 Å². The highest BCUT2D eigenvalue weighted by Crippen LogP contribution is 2.19. The van der Waals surface area contributed by atoms with E-state index in [0.717, 1.165) is 10.0 Å². The Morgan fingerprint density at radius 3 is 2.79 bits per heavy atom. The SMILES string of the molecule is O=S(=O)(NCc1cccc(Br)c1)c1cnccc1Cl. The lowest BCUT2D eigenvalue weighted by atomic mass is 10.2. The van der Waals surface area contributed by atoms with Crippen LogP contribution in [-0.4, -0.2) is 13.4 Å². The highest BCUT2D eigenvalue weighted by atomic mass is 79.9. The Labute approximate surface area is 125 Å². The fraction of sp³-hybridized carbons (Fsp3) is 0.0833. The van der Waals surface area contributed by atoms with Crippen molar-refractivity contribution in [2.24, 2.45) is 0 Å². The lowest BCUT2D eigenvalue weighted by molar-refractivity contribution is 0.581. The molecule has 0 aliphatic heterocycles.